The number of carboxylic acids is 2. The van der Waals surface area contributed by atoms with Gasteiger partial charge in [-0.3, -0.25) is 0 Å². The molecule has 1 aromatic rings. The molecule has 0 aliphatic carbocycles. The topological polar surface area (TPSA) is 80.3 Å². The molecule has 0 saturated carbocycles. The van der Waals surface area contributed by atoms with Crippen molar-refractivity contribution in [2.75, 3.05) is 0 Å². The minimum absolute atomic E-state index is 0. The fourth-order valence-corrected chi connectivity index (χ4v) is 0.342. The number of hydrogen-bond acceptors (Lipinski definition) is 4. The summed E-state index contributed by atoms with van der Waals surface area (Å²) in [5.74, 6) is -2.17. The van der Waals surface area contributed by atoms with Crippen LogP contribution in [0.3, 0.4) is 0 Å². The van der Waals surface area contributed by atoms with Crippen LogP contribution in [0.15, 0.2) is 30.3 Å². The van der Waals surface area contributed by atoms with Crippen molar-refractivity contribution in [2.45, 2.75) is 13.8 Å². The van der Waals surface area contributed by atoms with E-state index in [2.05, 4.69) is 6.07 Å². The minimum atomic E-state index is -1.08. The van der Waals surface area contributed by atoms with Crippen molar-refractivity contribution in [2.24, 2.45) is 0 Å². The molecular formula is C10H11O4Ru. The minimum Gasteiger partial charge on any atom is -0.550 e. The van der Waals surface area contributed by atoms with Crippen molar-refractivity contribution in [3.63, 3.8) is 0 Å². The first-order valence-electron chi connectivity index (χ1n) is 3.73. The Morgan fingerprint density at radius 1 is 0.933 bits per heavy atom. The predicted octanol–water partition coefficient (Wildman–Crippen LogP) is -1.00. The monoisotopic (exact) mass is 297 g/mol. The number of carbonyl (C=O) groups is 2. The zero-order chi connectivity index (χ0) is 11.4. The molecule has 0 aliphatic heterocycles. The molecule has 0 bridgehead atoms. The van der Waals surface area contributed by atoms with Gasteiger partial charge in [0.15, 0.2) is 0 Å². The summed E-state index contributed by atoms with van der Waals surface area (Å²) in [5.41, 5.74) is 0. The SMILES string of the molecule is CC(=O)[O-].CC(=O)[O-].[Ru+3].[c-]1ccccc1. The second kappa shape index (κ2) is 15.3. The van der Waals surface area contributed by atoms with Gasteiger partial charge in [-0.1, -0.05) is 0 Å². The molecule has 15 heavy (non-hydrogen) atoms. The fourth-order valence-electron chi connectivity index (χ4n) is 0.342. The number of benzene rings is 1. The van der Waals surface area contributed by atoms with E-state index >= 15 is 0 Å². The first kappa shape index (κ1) is 19.4. The Hall–Kier alpha value is -1.22. The summed E-state index contributed by atoms with van der Waals surface area (Å²) in [4.78, 5) is 17.8. The van der Waals surface area contributed by atoms with Gasteiger partial charge < -0.3 is 19.8 Å². The summed E-state index contributed by atoms with van der Waals surface area (Å²) in [6, 6.07) is 12.5. The Bertz CT molecular complexity index is 202. The van der Waals surface area contributed by atoms with Crippen LogP contribution < -0.4 is 10.2 Å². The van der Waals surface area contributed by atoms with Crippen LogP contribution in [0.5, 0.6) is 0 Å². The third-order valence-electron chi connectivity index (χ3n) is 0.607. The zero-order valence-corrected chi connectivity index (χ0v) is 10.1. The summed E-state index contributed by atoms with van der Waals surface area (Å²) in [5, 5.41) is 17.8. The summed E-state index contributed by atoms with van der Waals surface area (Å²) < 4.78 is 0. The van der Waals surface area contributed by atoms with Crippen molar-refractivity contribution in [3.8, 4) is 0 Å². The number of rotatable bonds is 0. The van der Waals surface area contributed by atoms with Crippen LogP contribution in [-0.2, 0) is 29.1 Å². The maximum atomic E-state index is 8.89. The van der Waals surface area contributed by atoms with Crippen molar-refractivity contribution < 1.29 is 39.3 Å². The van der Waals surface area contributed by atoms with Gasteiger partial charge in [-0.2, -0.15) is 36.4 Å². The van der Waals surface area contributed by atoms with Gasteiger partial charge in [-0.15, -0.1) is 0 Å². The molecule has 1 aromatic carbocycles. The molecule has 1 radical (unpaired) electrons. The number of carboxylic acid groups (broad SMARTS) is 2. The van der Waals surface area contributed by atoms with Crippen LogP contribution in [0.2, 0.25) is 0 Å². The second-order valence-electron chi connectivity index (χ2n) is 2.06. The smallest absolute Gasteiger partial charge is 0.550 e. The van der Waals surface area contributed by atoms with Crippen LogP contribution >= 0.6 is 0 Å². The standard InChI is InChI=1S/C6H5.2C2H4O2.Ru/c1-2-4-6-5-3-1;2*1-2(3)4;/h1-5H;2*1H3,(H,3,4);/q-1;;;+3/p-2. The second-order valence-corrected chi connectivity index (χ2v) is 2.06. The molecule has 83 valence electrons. The Morgan fingerprint density at radius 3 is 1.27 bits per heavy atom. The number of aliphatic carboxylic acids is 2. The largest absolute Gasteiger partial charge is 3.00 e. The molecule has 0 atom stereocenters. The Morgan fingerprint density at radius 2 is 1.20 bits per heavy atom. The van der Waals surface area contributed by atoms with Gasteiger partial charge in [0.25, 0.3) is 0 Å². The van der Waals surface area contributed by atoms with Gasteiger partial charge in [0.1, 0.15) is 0 Å². The van der Waals surface area contributed by atoms with Crippen molar-refractivity contribution in [1.29, 1.82) is 0 Å². The molecule has 5 heteroatoms. The number of hydrogen-bond donors (Lipinski definition) is 0. The quantitative estimate of drug-likeness (QED) is 0.454. The first-order chi connectivity index (χ1) is 6.46. The van der Waals surface area contributed by atoms with Gasteiger partial charge in [0.05, 0.1) is 0 Å². The molecule has 0 amide bonds. The molecule has 0 fully saturated rings. The van der Waals surface area contributed by atoms with Crippen molar-refractivity contribution in [3.05, 3.63) is 36.4 Å². The van der Waals surface area contributed by atoms with E-state index in [0.717, 1.165) is 13.8 Å². The van der Waals surface area contributed by atoms with Gasteiger partial charge in [0.2, 0.25) is 0 Å². The van der Waals surface area contributed by atoms with E-state index in [1.54, 1.807) is 0 Å². The summed E-state index contributed by atoms with van der Waals surface area (Å²) in [6.07, 6.45) is 0. The van der Waals surface area contributed by atoms with Gasteiger partial charge in [-0.25, -0.2) is 0 Å². The number of carbonyl (C=O) groups excluding carboxylic acids is 2. The third-order valence-corrected chi connectivity index (χ3v) is 0.607. The van der Waals surface area contributed by atoms with Crippen LogP contribution in [-0.4, -0.2) is 11.9 Å². The van der Waals surface area contributed by atoms with E-state index in [4.69, 9.17) is 19.8 Å². The van der Waals surface area contributed by atoms with Gasteiger partial charge in [0, 0.05) is 11.9 Å². The first-order valence-corrected chi connectivity index (χ1v) is 3.73. The molecular weight excluding hydrogens is 285 g/mol. The predicted molar refractivity (Wildman–Crippen MR) is 46.6 cm³/mol. The van der Waals surface area contributed by atoms with E-state index in [9.17, 15) is 0 Å². The maximum absolute atomic E-state index is 8.89. The molecule has 0 spiro atoms. The van der Waals surface area contributed by atoms with Crippen LogP contribution in [0.4, 0.5) is 0 Å². The van der Waals surface area contributed by atoms with Crippen LogP contribution in [0.1, 0.15) is 13.8 Å². The molecule has 1 rings (SSSR count). The molecule has 0 heterocycles. The van der Waals surface area contributed by atoms with Gasteiger partial charge in [-0.05, 0) is 13.8 Å². The Kier molecular flexibility index (Phi) is 19.7. The zero-order valence-electron chi connectivity index (χ0n) is 8.37. The molecule has 0 N–H and O–H groups in total. The third kappa shape index (κ3) is 65.0. The van der Waals surface area contributed by atoms with Crippen molar-refractivity contribution in [1.82, 2.24) is 0 Å². The maximum Gasteiger partial charge on any atom is 3.00 e. The van der Waals surface area contributed by atoms with E-state index in [0.29, 0.717) is 0 Å². The fraction of sp³-hybridized carbons (Fsp3) is 0.200. The van der Waals surface area contributed by atoms with Crippen LogP contribution in [0.25, 0.3) is 0 Å². The van der Waals surface area contributed by atoms with E-state index in [1.807, 2.05) is 30.3 Å². The van der Waals surface area contributed by atoms with Crippen LogP contribution in [0, 0.1) is 6.07 Å². The molecule has 0 aromatic heterocycles. The summed E-state index contributed by atoms with van der Waals surface area (Å²) in [7, 11) is 0. The Labute approximate surface area is 102 Å². The Balaban J connectivity index is -0.000000145. The van der Waals surface area contributed by atoms with Crippen molar-refractivity contribution >= 4 is 11.9 Å². The average Bonchev–Trinajstić information content (AvgIpc) is 2.05. The van der Waals surface area contributed by atoms with E-state index < -0.39 is 11.9 Å². The molecule has 0 saturated heterocycles. The van der Waals surface area contributed by atoms with E-state index in [-0.39, 0.29) is 19.5 Å². The summed E-state index contributed by atoms with van der Waals surface area (Å²) >= 11 is 0. The normalized spacial score (nSPS) is 6.53. The molecule has 0 unspecified atom stereocenters. The average molecular weight is 296 g/mol. The molecule has 4 nitrogen and oxygen atoms in total. The van der Waals surface area contributed by atoms with Gasteiger partial charge >= 0.3 is 19.5 Å². The van der Waals surface area contributed by atoms with E-state index in [1.165, 1.54) is 0 Å². The molecule has 0 aliphatic rings. The summed E-state index contributed by atoms with van der Waals surface area (Å²) in [6.45, 7) is 1.94.